The highest BCUT2D eigenvalue weighted by Gasteiger charge is 2.20. The van der Waals surface area contributed by atoms with Crippen LogP contribution < -0.4 is 10.5 Å². The van der Waals surface area contributed by atoms with Crippen LogP contribution in [0.2, 0.25) is 0 Å². The summed E-state index contributed by atoms with van der Waals surface area (Å²) >= 11 is 0. The van der Waals surface area contributed by atoms with E-state index in [-0.39, 0.29) is 28.1 Å². The van der Waals surface area contributed by atoms with Crippen LogP contribution in [0.5, 0.6) is 0 Å². The van der Waals surface area contributed by atoms with Crippen LogP contribution in [0.3, 0.4) is 0 Å². The summed E-state index contributed by atoms with van der Waals surface area (Å²) in [6.45, 7) is 1.75. The van der Waals surface area contributed by atoms with Crippen molar-refractivity contribution in [3.05, 3.63) is 18.2 Å². The maximum atomic E-state index is 12.1. The van der Waals surface area contributed by atoms with Gasteiger partial charge in [-0.25, -0.2) is 21.6 Å². The summed E-state index contributed by atoms with van der Waals surface area (Å²) in [6, 6.07) is 3.57. The van der Waals surface area contributed by atoms with Crippen molar-refractivity contribution < 1.29 is 21.6 Å². The predicted octanol–water partition coefficient (Wildman–Crippen LogP) is -0.0145. The molecule has 7 nitrogen and oxygen atoms in total. The summed E-state index contributed by atoms with van der Waals surface area (Å²) in [4.78, 5) is -0.365. The van der Waals surface area contributed by atoms with Crippen molar-refractivity contribution in [3.63, 3.8) is 0 Å². The minimum absolute atomic E-state index is 0.0185. The van der Waals surface area contributed by atoms with Gasteiger partial charge >= 0.3 is 0 Å². The smallest absolute Gasteiger partial charge is 0.242 e. The number of benzene rings is 1. The SMILES string of the molecule is COC(C)CNS(=O)(=O)c1cc(S(C)(=O)=O)ccc1N. The molecule has 114 valence electrons. The van der Waals surface area contributed by atoms with Crippen LogP contribution >= 0.6 is 0 Å². The van der Waals surface area contributed by atoms with E-state index in [0.29, 0.717) is 0 Å². The van der Waals surface area contributed by atoms with Crippen molar-refractivity contribution in [1.29, 1.82) is 0 Å². The maximum absolute atomic E-state index is 12.1. The second-order valence-corrected chi connectivity index (χ2v) is 8.12. The molecule has 20 heavy (non-hydrogen) atoms. The van der Waals surface area contributed by atoms with Gasteiger partial charge in [0.2, 0.25) is 10.0 Å². The van der Waals surface area contributed by atoms with E-state index in [1.54, 1.807) is 6.92 Å². The van der Waals surface area contributed by atoms with Crippen LogP contribution in [-0.4, -0.2) is 42.8 Å². The Kier molecular flexibility index (Phi) is 5.14. The average molecular weight is 322 g/mol. The molecule has 0 saturated heterocycles. The molecule has 1 atom stereocenters. The largest absolute Gasteiger partial charge is 0.398 e. The third kappa shape index (κ3) is 4.17. The van der Waals surface area contributed by atoms with Gasteiger partial charge in [-0.05, 0) is 25.1 Å². The van der Waals surface area contributed by atoms with Gasteiger partial charge in [0.25, 0.3) is 0 Å². The van der Waals surface area contributed by atoms with Crippen LogP contribution in [0, 0.1) is 0 Å². The molecule has 1 unspecified atom stereocenters. The van der Waals surface area contributed by atoms with E-state index in [4.69, 9.17) is 10.5 Å². The highest BCUT2D eigenvalue weighted by Crippen LogP contribution is 2.22. The van der Waals surface area contributed by atoms with Crippen LogP contribution in [0.1, 0.15) is 6.92 Å². The lowest BCUT2D eigenvalue weighted by molar-refractivity contribution is 0.122. The number of nitrogen functional groups attached to an aromatic ring is 1. The maximum Gasteiger partial charge on any atom is 0.242 e. The predicted molar refractivity (Wildman–Crippen MR) is 75.6 cm³/mol. The molecule has 1 aromatic carbocycles. The second kappa shape index (κ2) is 6.08. The number of methoxy groups -OCH3 is 1. The number of sulfone groups is 1. The zero-order valence-corrected chi connectivity index (χ0v) is 13.1. The zero-order chi connectivity index (χ0) is 15.6. The number of sulfonamides is 1. The van der Waals surface area contributed by atoms with Crippen molar-refractivity contribution in [1.82, 2.24) is 4.72 Å². The van der Waals surface area contributed by atoms with E-state index in [1.807, 2.05) is 0 Å². The summed E-state index contributed by atoms with van der Waals surface area (Å²) in [7, 11) is -5.95. The fourth-order valence-corrected chi connectivity index (χ4v) is 3.36. The molecule has 0 aliphatic heterocycles. The average Bonchev–Trinajstić information content (AvgIpc) is 2.34. The van der Waals surface area contributed by atoms with Crippen molar-refractivity contribution in [3.8, 4) is 0 Å². The molecular formula is C11H18N2O5S2. The first-order chi connectivity index (χ1) is 9.08. The Morgan fingerprint density at radius 1 is 1.30 bits per heavy atom. The van der Waals surface area contributed by atoms with E-state index in [0.717, 1.165) is 12.3 Å². The molecule has 3 N–H and O–H groups in total. The standard InChI is InChI=1S/C11H18N2O5S2/c1-8(18-2)7-13-20(16,17)11-6-9(19(3,14)15)4-5-10(11)12/h4-6,8,13H,7,12H2,1-3H3. The van der Waals surface area contributed by atoms with Gasteiger partial charge in [-0.3, -0.25) is 0 Å². The number of hydrogen-bond donors (Lipinski definition) is 2. The van der Waals surface area contributed by atoms with E-state index in [2.05, 4.69) is 4.72 Å². The summed E-state index contributed by atoms with van der Waals surface area (Å²) < 4.78 is 54.4. The summed E-state index contributed by atoms with van der Waals surface area (Å²) in [5, 5.41) is 0. The first-order valence-corrected chi connectivity index (χ1v) is 9.07. The van der Waals surface area contributed by atoms with E-state index in [1.165, 1.54) is 19.2 Å². The van der Waals surface area contributed by atoms with Gasteiger partial charge in [0.1, 0.15) is 4.90 Å². The summed E-state index contributed by atoms with van der Waals surface area (Å²) in [6.07, 6.45) is 0.680. The fraction of sp³-hybridized carbons (Fsp3) is 0.455. The van der Waals surface area contributed by atoms with Gasteiger partial charge in [0.15, 0.2) is 9.84 Å². The molecule has 0 saturated carbocycles. The quantitative estimate of drug-likeness (QED) is 0.711. The van der Waals surface area contributed by atoms with Crippen molar-refractivity contribution in [2.75, 3.05) is 25.6 Å². The van der Waals surface area contributed by atoms with Crippen LogP contribution in [-0.2, 0) is 24.6 Å². The van der Waals surface area contributed by atoms with Gasteiger partial charge in [0.05, 0.1) is 16.7 Å². The lowest BCUT2D eigenvalue weighted by atomic mass is 10.3. The van der Waals surface area contributed by atoms with Gasteiger partial charge in [-0.15, -0.1) is 0 Å². The normalized spacial score (nSPS) is 14.2. The molecule has 0 aliphatic rings. The summed E-state index contributed by atoms with van der Waals surface area (Å²) in [5.41, 5.74) is 5.59. The van der Waals surface area contributed by atoms with Gasteiger partial charge in [-0.1, -0.05) is 0 Å². The molecule has 0 bridgehead atoms. The Morgan fingerprint density at radius 3 is 2.40 bits per heavy atom. The van der Waals surface area contributed by atoms with Crippen LogP contribution in [0.15, 0.2) is 28.0 Å². The highest BCUT2D eigenvalue weighted by molar-refractivity contribution is 7.91. The number of ether oxygens (including phenoxy) is 1. The number of anilines is 1. The number of rotatable bonds is 6. The molecule has 0 radical (unpaired) electrons. The fourth-order valence-electron chi connectivity index (χ4n) is 1.37. The minimum Gasteiger partial charge on any atom is -0.398 e. The first-order valence-electron chi connectivity index (χ1n) is 5.70. The second-order valence-electron chi connectivity index (χ2n) is 4.37. The number of nitrogens with one attached hydrogen (secondary N) is 1. The van der Waals surface area contributed by atoms with Gasteiger partial charge in [0, 0.05) is 19.9 Å². The molecule has 0 aromatic heterocycles. The zero-order valence-electron chi connectivity index (χ0n) is 11.5. The van der Waals surface area contributed by atoms with Crippen molar-refractivity contribution in [2.24, 2.45) is 0 Å². The monoisotopic (exact) mass is 322 g/mol. The lowest BCUT2D eigenvalue weighted by Gasteiger charge is -2.13. The Hall–Kier alpha value is -1.16. The van der Waals surface area contributed by atoms with Gasteiger partial charge in [-0.2, -0.15) is 0 Å². The van der Waals surface area contributed by atoms with Crippen LogP contribution in [0.4, 0.5) is 5.69 Å². The topological polar surface area (TPSA) is 116 Å². The number of hydrogen-bond acceptors (Lipinski definition) is 6. The Bertz CT molecular complexity index is 683. The molecule has 9 heteroatoms. The van der Waals surface area contributed by atoms with Gasteiger partial charge < -0.3 is 10.5 Å². The van der Waals surface area contributed by atoms with E-state index >= 15 is 0 Å². The highest BCUT2D eigenvalue weighted by atomic mass is 32.2. The van der Waals surface area contributed by atoms with E-state index in [9.17, 15) is 16.8 Å². The molecule has 0 aliphatic carbocycles. The first kappa shape index (κ1) is 16.9. The third-order valence-corrected chi connectivity index (χ3v) is 5.26. The molecule has 0 heterocycles. The van der Waals surface area contributed by atoms with E-state index < -0.39 is 19.9 Å². The molecule has 0 amide bonds. The Balaban J connectivity index is 3.18. The Labute approximate surface area is 119 Å². The molecule has 1 rings (SSSR count). The van der Waals surface area contributed by atoms with Crippen molar-refractivity contribution >= 4 is 25.5 Å². The molecule has 0 fully saturated rings. The third-order valence-electron chi connectivity index (χ3n) is 2.67. The van der Waals surface area contributed by atoms with Crippen molar-refractivity contribution in [2.45, 2.75) is 22.8 Å². The molecule has 0 spiro atoms. The molecule has 1 aromatic rings. The van der Waals surface area contributed by atoms with Crippen LogP contribution in [0.25, 0.3) is 0 Å². The Morgan fingerprint density at radius 2 is 1.90 bits per heavy atom. The lowest BCUT2D eigenvalue weighted by Crippen LogP contribution is -2.32. The molecular weight excluding hydrogens is 304 g/mol. The number of nitrogens with two attached hydrogens (primary N) is 1. The minimum atomic E-state index is -3.90. The summed E-state index contributed by atoms with van der Waals surface area (Å²) in [5.74, 6) is 0.